The van der Waals surface area contributed by atoms with Crippen LogP contribution in [0, 0.1) is 11.8 Å². The fourth-order valence-corrected chi connectivity index (χ4v) is 5.78. The van der Waals surface area contributed by atoms with Crippen LogP contribution in [0.5, 0.6) is 0 Å². The summed E-state index contributed by atoms with van der Waals surface area (Å²) in [6.45, 7) is 11.1. The summed E-state index contributed by atoms with van der Waals surface area (Å²) in [5.41, 5.74) is -1.76. The van der Waals surface area contributed by atoms with Crippen LogP contribution in [0.4, 0.5) is 0 Å². The highest BCUT2D eigenvalue weighted by molar-refractivity contribution is 5.91. The Kier molecular flexibility index (Phi) is 3.11. The van der Waals surface area contributed by atoms with Gasteiger partial charge in [0.25, 0.3) is 0 Å². The van der Waals surface area contributed by atoms with Crippen LogP contribution in [-0.4, -0.2) is 58.3 Å². The van der Waals surface area contributed by atoms with E-state index in [2.05, 4.69) is 6.58 Å². The number of esters is 2. The molecule has 7 nitrogen and oxygen atoms in total. The fourth-order valence-electron chi connectivity index (χ4n) is 5.78. The molecule has 5 aliphatic rings. The third-order valence-corrected chi connectivity index (χ3v) is 7.16. The summed E-state index contributed by atoms with van der Waals surface area (Å²) in [4.78, 5) is 24.5. The van der Waals surface area contributed by atoms with Crippen LogP contribution in [0.15, 0.2) is 23.8 Å². The molecule has 0 aromatic carbocycles. The number of allylic oxidation sites excluding steroid dienone is 1. The summed E-state index contributed by atoms with van der Waals surface area (Å²) in [7, 11) is 0. The van der Waals surface area contributed by atoms with Gasteiger partial charge in [0.2, 0.25) is 0 Å². The topological polar surface area (TPSA) is 97.9 Å². The van der Waals surface area contributed by atoms with E-state index in [9.17, 15) is 14.7 Å². The van der Waals surface area contributed by atoms with Crippen molar-refractivity contribution in [2.24, 2.45) is 11.8 Å². The molecular formula is C20H24O7. The summed E-state index contributed by atoms with van der Waals surface area (Å²) in [6, 6.07) is 0. The van der Waals surface area contributed by atoms with Crippen molar-refractivity contribution >= 4 is 11.9 Å². The standard InChI is InChI=1S/C20H24O7/c1-8(2)6-12(21)24-11-7-10-9(3)17(22)25-13(10)14-18(4)15(26-18)16-20(14,27-16)19(11,5)23/h6,10-11,13-16,23H,3,7H2,1-2,4-5H3/t10-,11+,13-,14-,15-,16+,18+,19+,20-/m0/s1. The molecule has 0 unspecified atom stereocenters. The molecule has 5 rings (SSSR count). The molecule has 146 valence electrons. The van der Waals surface area contributed by atoms with Crippen molar-refractivity contribution < 1.29 is 33.6 Å². The van der Waals surface area contributed by atoms with Crippen molar-refractivity contribution in [3.63, 3.8) is 0 Å². The van der Waals surface area contributed by atoms with Gasteiger partial charge in [-0.05, 0) is 34.1 Å². The molecule has 27 heavy (non-hydrogen) atoms. The Morgan fingerprint density at radius 2 is 2.00 bits per heavy atom. The Morgan fingerprint density at radius 1 is 1.30 bits per heavy atom. The van der Waals surface area contributed by atoms with Crippen molar-refractivity contribution in [3.8, 4) is 0 Å². The maximum absolute atomic E-state index is 12.3. The maximum Gasteiger partial charge on any atom is 0.334 e. The summed E-state index contributed by atoms with van der Waals surface area (Å²) in [6.07, 6.45) is -0.158. The lowest BCUT2D eigenvalue weighted by Gasteiger charge is -2.39. The first-order valence-electron chi connectivity index (χ1n) is 9.37. The number of aliphatic hydroxyl groups is 1. The molecule has 3 heterocycles. The lowest BCUT2D eigenvalue weighted by Crippen LogP contribution is -2.58. The van der Waals surface area contributed by atoms with E-state index < -0.39 is 40.9 Å². The van der Waals surface area contributed by atoms with Crippen molar-refractivity contribution in [1.82, 2.24) is 0 Å². The quantitative estimate of drug-likeness (QED) is 0.437. The van der Waals surface area contributed by atoms with E-state index >= 15 is 0 Å². The van der Waals surface area contributed by atoms with Crippen LogP contribution >= 0.6 is 0 Å². The first kappa shape index (κ1) is 17.4. The highest BCUT2D eigenvalue weighted by atomic mass is 16.7. The number of rotatable bonds is 2. The minimum absolute atomic E-state index is 0.144. The Hall–Kier alpha value is -1.70. The second-order valence-corrected chi connectivity index (χ2v) is 9.06. The summed E-state index contributed by atoms with van der Waals surface area (Å²) in [5, 5.41) is 11.6. The molecule has 0 bridgehead atoms. The van der Waals surface area contributed by atoms with Gasteiger partial charge in [0, 0.05) is 17.6 Å². The second-order valence-electron chi connectivity index (χ2n) is 9.06. The second kappa shape index (κ2) is 4.82. The van der Waals surface area contributed by atoms with Crippen molar-refractivity contribution in [3.05, 3.63) is 23.8 Å². The number of ether oxygens (including phenoxy) is 4. The average molecular weight is 376 g/mol. The molecule has 0 aromatic heterocycles. The Bertz CT molecular complexity index is 809. The predicted molar refractivity (Wildman–Crippen MR) is 91.4 cm³/mol. The van der Waals surface area contributed by atoms with Crippen molar-refractivity contribution in [2.45, 2.75) is 75.3 Å². The van der Waals surface area contributed by atoms with Gasteiger partial charge in [-0.2, -0.15) is 0 Å². The minimum Gasteiger partial charge on any atom is -0.458 e. The first-order chi connectivity index (χ1) is 12.5. The third kappa shape index (κ3) is 1.92. The predicted octanol–water partition coefficient (Wildman–Crippen LogP) is 1.04. The van der Waals surface area contributed by atoms with Crippen LogP contribution in [0.25, 0.3) is 0 Å². The number of hydrogen-bond acceptors (Lipinski definition) is 7. The van der Waals surface area contributed by atoms with E-state index in [0.29, 0.717) is 5.57 Å². The molecule has 3 saturated heterocycles. The number of fused-ring (bicyclic) bond motifs is 5. The molecule has 2 aliphatic carbocycles. The number of epoxide rings is 2. The zero-order valence-corrected chi connectivity index (χ0v) is 15.9. The van der Waals surface area contributed by atoms with Gasteiger partial charge in [-0.1, -0.05) is 12.2 Å². The summed E-state index contributed by atoms with van der Waals surface area (Å²) in [5.74, 6) is -1.66. The molecule has 0 radical (unpaired) electrons. The molecule has 1 spiro atoms. The van der Waals surface area contributed by atoms with E-state index in [-0.39, 0.29) is 30.5 Å². The largest absolute Gasteiger partial charge is 0.458 e. The van der Waals surface area contributed by atoms with Crippen LogP contribution in [-0.2, 0) is 28.5 Å². The molecule has 9 atom stereocenters. The molecule has 1 N–H and O–H groups in total. The van der Waals surface area contributed by atoms with Crippen LogP contribution in [0.1, 0.15) is 34.1 Å². The minimum atomic E-state index is -1.44. The van der Waals surface area contributed by atoms with Gasteiger partial charge in [-0.3, -0.25) is 0 Å². The molecule has 2 saturated carbocycles. The number of carbonyl (C=O) groups excluding carboxylic acids is 2. The van der Waals surface area contributed by atoms with E-state index in [4.69, 9.17) is 18.9 Å². The molecular weight excluding hydrogens is 352 g/mol. The van der Waals surface area contributed by atoms with Gasteiger partial charge in [0.1, 0.15) is 41.2 Å². The first-order valence-corrected chi connectivity index (χ1v) is 9.37. The van der Waals surface area contributed by atoms with Crippen LogP contribution < -0.4 is 0 Å². The van der Waals surface area contributed by atoms with E-state index in [1.54, 1.807) is 20.8 Å². The van der Waals surface area contributed by atoms with Gasteiger partial charge in [-0.25, -0.2) is 9.59 Å². The van der Waals surface area contributed by atoms with E-state index in [1.165, 1.54) is 6.08 Å². The highest BCUT2D eigenvalue weighted by Crippen LogP contribution is 2.75. The van der Waals surface area contributed by atoms with Gasteiger partial charge in [-0.15, -0.1) is 0 Å². The number of carbonyl (C=O) groups is 2. The maximum atomic E-state index is 12.3. The Morgan fingerprint density at radius 3 is 2.67 bits per heavy atom. The van der Waals surface area contributed by atoms with Gasteiger partial charge in [0.05, 0.1) is 5.92 Å². The normalized spacial score (nSPS) is 54.0. The van der Waals surface area contributed by atoms with Gasteiger partial charge < -0.3 is 24.1 Å². The number of hydrogen-bond donors (Lipinski definition) is 1. The fraction of sp³-hybridized carbons (Fsp3) is 0.700. The van der Waals surface area contributed by atoms with E-state index in [0.717, 1.165) is 5.57 Å². The average Bonchev–Trinajstić information content (AvgIpc) is 3.41. The van der Waals surface area contributed by atoms with E-state index in [1.807, 2.05) is 6.92 Å². The zero-order valence-electron chi connectivity index (χ0n) is 15.9. The monoisotopic (exact) mass is 376 g/mol. The van der Waals surface area contributed by atoms with Crippen molar-refractivity contribution in [2.75, 3.05) is 0 Å². The molecule has 7 heteroatoms. The lowest BCUT2D eigenvalue weighted by molar-refractivity contribution is -0.174. The lowest BCUT2D eigenvalue weighted by atomic mass is 9.73. The molecule has 5 fully saturated rings. The van der Waals surface area contributed by atoms with Crippen LogP contribution in [0.3, 0.4) is 0 Å². The Labute approximate surface area is 157 Å². The summed E-state index contributed by atoms with van der Waals surface area (Å²) < 4.78 is 23.3. The Balaban J connectivity index is 1.58. The van der Waals surface area contributed by atoms with Crippen molar-refractivity contribution in [1.29, 1.82) is 0 Å². The SMILES string of the molecule is C=C1C(=O)O[C@H]2[C@H]1C[C@@H](OC(=O)C=C(C)C)[C@@](C)(O)[C@@]13O[C@@H]1[C@@H]1O[C@]1(C)[C@H]23. The van der Waals surface area contributed by atoms with Gasteiger partial charge >= 0.3 is 11.9 Å². The third-order valence-electron chi connectivity index (χ3n) is 7.16. The highest BCUT2D eigenvalue weighted by Gasteiger charge is 2.93. The summed E-state index contributed by atoms with van der Waals surface area (Å²) >= 11 is 0. The smallest absolute Gasteiger partial charge is 0.334 e. The zero-order chi connectivity index (χ0) is 19.5. The van der Waals surface area contributed by atoms with Gasteiger partial charge in [0.15, 0.2) is 0 Å². The molecule has 3 aliphatic heterocycles. The molecule has 0 aromatic rings. The molecule has 0 amide bonds. The van der Waals surface area contributed by atoms with Crippen LogP contribution in [0.2, 0.25) is 0 Å².